The molecule has 0 fully saturated rings. The lowest BCUT2D eigenvalue weighted by molar-refractivity contribution is 0.0648. The van der Waals surface area contributed by atoms with Crippen molar-refractivity contribution in [2.45, 2.75) is 89.3 Å². The topological polar surface area (TPSA) is 349 Å². The van der Waals surface area contributed by atoms with E-state index in [1.54, 1.807) is 116 Å². The number of carbonyl (C=O) groups is 4. The fourth-order valence-corrected chi connectivity index (χ4v) is 16.7. The predicted octanol–water partition coefficient (Wildman–Crippen LogP) is 17.1. The summed E-state index contributed by atoms with van der Waals surface area (Å²) in [4.78, 5) is 54.2. The number of nitrogens with one attached hydrogen (secondary N) is 2. The molecule has 0 spiro atoms. The van der Waals surface area contributed by atoms with E-state index in [1.807, 2.05) is 105 Å². The third-order valence-corrected chi connectivity index (χ3v) is 24.3. The molecule has 0 aliphatic carbocycles. The molecule has 10 N–H and O–H groups in total. The van der Waals surface area contributed by atoms with Crippen molar-refractivity contribution < 1.29 is 61.5 Å². The van der Waals surface area contributed by atoms with Crippen LogP contribution >= 0.6 is 11.8 Å². The number of fused-ring (bicyclic) bond motifs is 2. The third kappa shape index (κ3) is 27.1. The lowest BCUT2D eigenvalue weighted by Crippen LogP contribution is -2.34. The number of hydrogen-bond acceptors (Lipinski definition) is 17. The fraction of sp³-hybridized carbons (Fsp3) is 0.217. The minimum atomic E-state index is -3.68. The Morgan fingerprint density at radius 3 is 0.870 bits per heavy atom. The Balaban J connectivity index is 0.000000391. The monoisotopic (exact) mass is 1630 g/mol. The second-order valence-corrected chi connectivity index (χ2v) is 33.7. The molecule has 2 aliphatic heterocycles. The molecule has 2 heterocycles. The molecule has 10 aromatic carbocycles. The first-order valence-electron chi connectivity index (χ1n) is 36.4. The normalized spacial score (nSPS) is 12.1. The largest absolute Gasteiger partial charge is 0.412 e. The Kier molecular flexibility index (Phi) is 39.4. The van der Waals surface area contributed by atoms with Crippen LogP contribution in [-0.4, -0.2) is 137 Å². The maximum Gasteiger partial charge on any atom is 0.261 e. The fourth-order valence-electron chi connectivity index (χ4n) is 12.2. The molecule has 0 saturated carbocycles. The smallest absolute Gasteiger partial charge is 0.261 e. The molecule has 12 rings (SSSR count). The van der Waals surface area contributed by atoms with E-state index >= 15 is 0 Å². The molecule has 0 bridgehead atoms. The van der Waals surface area contributed by atoms with Crippen molar-refractivity contribution in [1.82, 2.24) is 9.80 Å². The Labute approximate surface area is 684 Å². The number of carbonyl (C=O) groups excluding carboxylic acids is 4. The molecule has 0 aromatic heterocycles. The van der Waals surface area contributed by atoms with Crippen LogP contribution in [0.2, 0.25) is 0 Å². The summed E-state index contributed by atoms with van der Waals surface area (Å²) in [6.45, 7) is 19.0. The lowest BCUT2D eigenvalue weighted by Gasteiger charge is -2.14. The molecule has 23 heteroatoms. The minimum Gasteiger partial charge on any atom is -0.412 e. The number of aliphatic hydroxyl groups excluding tert-OH is 2. The molecule has 0 unspecified atom stereocenters. The van der Waals surface area contributed by atoms with E-state index in [-0.39, 0.29) is 74.5 Å². The Morgan fingerprint density at radius 2 is 0.600 bits per heavy atom. The van der Waals surface area contributed by atoms with Crippen molar-refractivity contribution in [3.8, 4) is 0 Å². The van der Waals surface area contributed by atoms with E-state index < -0.39 is 41.3 Å². The highest BCUT2D eigenvalue weighted by Gasteiger charge is 2.37. The van der Waals surface area contributed by atoms with Gasteiger partial charge in [-0.15, -0.1) is 11.8 Å². The minimum absolute atomic E-state index is 0. The van der Waals surface area contributed by atoms with Crippen LogP contribution in [0.25, 0.3) is 48.6 Å². The van der Waals surface area contributed by atoms with Gasteiger partial charge in [0.2, 0.25) is 0 Å². The quantitative estimate of drug-likeness (QED) is 0.0159. The van der Waals surface area contributed by atoms with Crippen molar-refractivity contribution >= 4 is 114 Å². The third-order valence-electron chi connectivity index (χ3n) is 18.1. The molecule has 10 aromatic rings. The average Bonchev–Trinajstić information content (AvgIpc) is 1.65. The summed E-state index contributed by atoms with van der Waals surface area (Å²) >= 11 is 1.65. The van der Waals surface area contributed by atoms with Crippen molar-refractivity contribution in [2.24, 2.45) is 11.5 Å². The number of rotatable bonds is 22. The number of thioether (sulfide) groups is 1. The number of nitrogens with two attached hydrogens (primary N) is 2. The van der Waals surface area contributed by atoms with E-state index in [2.05, 4.69) is 114 Å². The van der Waals surface area contributed by atoms with Crippen LogP contribution in [0, 0.1) is 66.5 Å². The summed E-state index contributed by atoms with van der Waals surface area (Å²) in [5.41, 5.74) is 40.3. The van der Waals surface area contributed by atoms with E-state index in [0.717, 1.165) is 67.0 Å². The number of aryl methyl sites for hydroxylation is 8. The number of imide groups is 2. The maximum absolute atomic E-state index is 12.9. The number of amides is 4. The summed E-state index contributed by atoms with van der Waals surface area (Å²) < 4.78 is 74.1. The molecule has 0 radical (unpaired) electrons. The lowest BCUT2D eigenvalue weighted by atomic mass is 10.0. The van der Waals surface area contributed by atoms with Gasteiger partial charge in [-0.1, -0.05) is 202 Å². The number of aliphatic hydroxyl groups is 2. The van der Waals surface area contributed by atoms with E-state index in [4.69, 9.17) is 32.7 Å². The summed E-state index contributed by atoms with van der Waals surface area (Å²) in [6.07, 6.45) is 16.1. The highest BCUT2D eigenvalue weighted by Crippen LogP contribution is 2.29. The van der Waals surface area contributed by atoms with E-state index in [0.29, 0.717) is 44.3 Å². The van der Waals surface area contributed by atoms with Crippen LogP contribution in [-0.2, 0) is 29.5 Å². The average molecular weight is 1630 g/mol. The van der Waals surface area contributed by atoms with Crippen molar-refractivity contribution in [1.29, 1.82) is 11.1 Å². The van der Waals surface area contributed by atoms with Gasteiger partial charge in [0.25, 0.3) is 23.6 Å². The zero-order chi connectivity index (χ0) is 83.0. The number of benzene rings is 10. The van der Waals surface area contributed by atoms with Crippen LogP contribution in [0.4, 0.5) is 0 Å². The number of sulfone groups is 3. The predicted molar refractivity (Wildman–Crippen MR) is 473 cm³/mol. The van der Waals surface area contributed by atoms with Gasteiger partial charge in [0.05, 0.1) is 54.2 Å². The van der Waals surface area contributed by atoms with Gasteiger partial charge in [0, 0.05) is 52.0 Å². The molecule has 608 valence electrons. The molecular formula is C92H108N6O13S4. The zero-order valence-electron chi connectivity index (χ0n) is 65.9. The standard InChI is InChI=1S/C26H23NO4S.C26H23NO2S.2C18H21NO2S.C2H6O.CH4O.CH4.H2N2.H2O.H2/c1-18-7-5-8-19(2)22(18)14-13-20-9-6-10-21(17-20)32(30,31)16-15-27-25(28)23-11-3-4-12-24(23)26(27)29;1-18-7-5-8-19(2)22(18)14-13-20-9-6-10-21(17-20)30-16-15-27-25(28)23-11-3-4-12-24(23)26(27)29;2*1-14-5-3-6-15(2)18(14)10-9-16-7-4-8-17(13-16)22(20,21)12-11-19;1-2-3;1-2;;1-2;;/h3-14,17H,15-16H2,1-2H3;3-14,17H,15-16H2,1-2H3;2*3-10,13H,11-12,19H2,1-2H3;3H,2H2,1H3;2H,1H3;1H4;1-2H;1H2;1H/b2*14-13+;2*10-9+;;;;;;. The van der Waals surface area contributed by atoms with E-state index in [1.165, 1.54) is 49.9 Å². The molecular weight excluding hydrogens is 1530 g/mol. The van der Waals surface area contributed by atoms with Gasteiger partial charge in [-0.25, -0.2) is 36.3 Å². The van der Waals surface area contributed by atoms with Crippen molar-refractivity contribution in [3.63, 3.8) is 0 Å². The molecule has 0 saturated heterocycles. The second-order valence-electron chi connectivity index (χ2n) is 26.2. The van der Waals surface area contributed by atoms with Gasteiger partial charge in [-0.05, 0) is 224 Å². The summed E-state index contributed by atoms with van der Waals surface area (Å²) in [6, 6.07) is 67.2. The first-order chi connectivity index (χ1) is 54.1. The van der Waals surface area contributed by atoms with Gasteiger partial charge in [0.15, 0.2) is 29.5 Å². The van der Waals surface area contributed by atoms with Crippen molar-refractivity contribution in [3.05, 3.63) is 330 Å². The zero-order valence-corrected chi connectivity index (χ0v) is 69.2. The molecule has 4 amide bonds. The molecule has 115 heavy (non-hydrogen) atoms. The SMILES string of the molecule is C.CCO.CO.Cc1cccc(C)c1/C=C/c1cccc(S(=O)(=O)CCN)c1.Cc1cccc(C)c1/C=C/c1cccc(S(=O)(=O)CCN)c1.Cc1cccc(C)c1/C=C/c1cccc(S(=O)(=O)CCN2C(=O)c3ccccc3C2=O)c1.Cc1cccc(C)c1/C=C/c1cccc(SCCN2C(=O)c3ccccc3C2=O)c1.N=N.O.[HH]. The number of hydrogen-bond donors (Lipinski definition) is 6. The van der Waals surface area contributed by atoms with Gasteiger partial charge in [-0.3, -0.25) is 29.0 Å². The van der Waals surface area contributed by atoms with Crippen molar-refractivity contribution in [2.75, 3.05) is 62.9 Å². The van der Waals surface area contributed by atoms with Crippen LogP contribution < -0.4 is 11.5 Å². The Bertz CT molecular complexity index is 5190. The van der Waals surface area contributed by atoms with E-state index in [9.17, 15) is 44.4 Å². The molecule has 19 nitrogen and oxygen atoms in total. The maximum atomic E-state index is 12.9. The van der Waals surface area contributed by atoms with Gasteiger partial charge < -0.3 is 27.2 Å². The highest BCUT2D eigenvalue weighted by molar-refractivity contribution is 7.99. The first-order valence-corrected chi connectivity index (χ1v) is 42.4. The van der Waals surface area contributed by atoms with Crippen LogP contribution in [0.5, 0.6) is 0 Å². The van der Waals surface area contributed by atoms with Gasteiger partial charge in [-0.2, -0.15) is 0 Å². The highest BCUT2D eigenvalue weighted by atomic mass is 32.2. The first kappa shape index (κ1) is 96.4. The summed E-state index contributed by atoms with van der Waals surface area (Å²) in [5, 5.41) is 14.6. The molecule has 0 atom stereocenters. The second kappa shape index (κ2) is 47.0. The number of nitrogens with zero attached hydrogens (tertiary/aromatic N) is 2. The molecule has 2 aliphatic rings. The Morgan fingerprint density at radius 1 is 0.365 bits per heavy atom. The summed E-state index contributed by atoms with van der Waals surface area (Å²) in [5.74, 6) is -1.02. The van der Waals surface area contributed by atoms with Crippen LogP contribution in [0.15, 0.2) is 238 Å². The summed E-state index contributed by atoms with van der Waals surface area (Å²) in [7, 11) is -9.27. The van der Waals surface area contributed by atoms with Gasteiger partial charge >= 0.3 is 0 Å². The Hall–Kier alpha value is -11.0. The van der Waals surface area contributed by atoms with Gasteiger partial charge in [0.1, 0.15) is 0 Å². The van der Waals surface area contributed by atoms with Crippen LogP contribution in [0.3, 0.4) is 0 Å². The van der Waals surface area contributed by atoms with Crippen LogP contribution in [0.1, 0.15) is 146 Å².